The van der Waals surface area contributed by atoms with Gasteiger partial charge in [0.05, 0.1) is 16.0 Å². The summed E-state index contributed by atoms with van der Waals surface area (Å²) < 4.78 is 0.979. The number of hydrogen-bond acceptors (Lipinski definition) is 4. The van der Waals surface area contributed by atoms with Gasteiger partial charge in [-0.05, 0) is 24.5 Å². The molecule has 0 saturated carbocycles. The number of rotatable bonds is 3. The van der Waals surface area contributed by atoms with Crippen LogP contribution in [0, 0.1) is 0 Å². The first-order chi connectivity index (χ1) is 7.69. The Balaban J connectivity index is 2.23. The van der Waals surface area contributed by atoms with E-state index in [1.165, 1.54) is 23.1 Å². The van der Waals surface area contributed by atoms with E-state index in [2.05, 4.69) is 10.3 Å². The maximum atomic E-state index is 11.4. The molecule has 0 fully saturated rings. The lowest BCUT2D eigenvalue weighted by Crippen LogP contribution is -2.13. The Morgan fingerprint density at radius 1 is 1.62 bits per heavy atom. The number of nitrogens with zero attached hydrogens (tertiary/aromatic N) is 1. The van der Waals surface area contributed by atoms with E-state index in [1.807, 2.05) is 18.4 Å². The van der Waals surface area contributed by atoms with Gasteiger partial charge in [-0.1, -0.05) is 22.9 Å². The van der Waals surface area contributed by atoms with Crippen LogP contribution >= 0.6 is 34.7 Å². The van der Waals surface area contributed by atoms with Gasteiger partial charge in [-0.3, -0.25) is 4.79 Å². The molecule has 0 aliphatic rings. The minimum absolute atomic E-state index is 0.0300. The van der Waals surface area contributed by atoms with Gasteiger partial charge >= 0.3 is 0 Å². The van der Waals surface area contributed by atoms with Gasteiger partial charge in [-0.15, -0.1) is 0 Å². The van der Waals surface area contributed by atoms with Gasteiger partial charge in [0, 0.05) is 5.02 Å². The summed E-state index contributed by atoms with van der Waals surface area (Å²) in [4.78, 5) is 15.7. The van der Waals surface area contributed by atoms with Crippen molar-refractivity contribution >= 4 is 56.0 Å². The van der Waals surface area contributed by atoms with E-state index in [1.54, 1.807) is 6.07 Å². The lowest BCUT2D eigenvalue weighted by molar-refractivity contribution is -0.113. The van der Waals surface area contributed by atoms with Crippen molar-refractivity contribution < 1.29 is 4.79 Å². The van der Waals surface area contributed by atoms with Gasteiger partial charge < -0.3 is 5.32 Å². The van der Waals surface area contributed by atoms with E-state index >= 15 is 0 Å². The van der Waals surface area contributed by atoms with Crippen LogP contribution in [0.1, 0.15) is 0 Å². The molecular weight excluding hydrogens is 264 g/mol. The number of carbonyl (C=O) groups excluding carboxylic acids is 1. The van der Waals surface area contributed by atoms with Gasteiger partial charge in [0.25, 0.3) is 0 Å². The van der Waals surface area contributed by atoms with Crippen molar-refractivity contribution in [2.75, 3.05) is 17.3 Å². The third-order valence-corrected chi connectivity index (χ3v) is 3.59. The van der Waals surface area contributed by atoms with Crippen molar-refractivity contribution in [1.82, 2.24) is 4.98 Å². The number of aromatic nitrogens is 1. The molecule has 0 bridgehead atoms. The molecule has 6 heteroatoms. The number of fused-ring (bicyclic) bond motifs is 1. The molecule has 0 aliphatic heterocycles. The number of halogens is 1. The van der Waals surface area contributed by atoms with Crippen molar-refractivity contribution in [2.45, 2.75) is 0 Å². The van der Waals surface area contributed by atoms with E-state index in [4.69, 9.17) is 11.6 Å². The molecule has 0 radical (unpaired) electrons. The molecule has 1 aromatic heterocycles. The summed E-state index contributed by atoms with van der Waals surface area (Å²) >= 11 is 8.78. The van der Waals surface area contributed by atoms with Gasteiger partial charge in [0.15, 0.2) is 5.13 Å². The average Bonchev–Trinajstić information content (AvgIpc) is 2.59. The summed E-state index contributed by atoms with van der Waals surface area (Å²) in [6, 6.07) is 5.48. The number of nitrogens with one attached hydrogen (secondary N) is 1. The second kappa shape index (κ2) is 5.03. The van der Waals surface area contributed by atoms with Crippen LogP contribution in [0.15, 0.2) is 18.2 Å². The summed E-state index contributed by atoms with van der Waals surface area (Å²) in [5, 5.41) is 4.06. The summed E-state index contributed by atoms with van der Waals surface area (Å²) in [7, 11) is 0. The Morgan fingerprint density at radius 2 is 2.44 bits per heavy atom. The van der Waals surface area contributed by atoms with E-state index in [0.29, 0.717) is 15.9 Å². The van der Waals surface area contributed by atoms with E-state index in [-0.39, 0.29) is 5.91 Å². The smallest absolute Gasteiger partial charge is 0.236 e. The monoisotopic (exact) mass is 272 g/mol. The number of anilines is 1. The standard InChI is InChI=1S/C10H9ClN2OS2/c1-15-5-9(14)13-10-12-7-3-2-6(11)4-8(7)16-10/h2-4H,5H2,1H3,(H,12,13,14). The third kappa shape index (κ3) is 2.66. The largest absolute Gasteiger partial charge is 0.301 e. The summed E-state index contributed by atoms with van der Waals surface area (Å²) in [5.74, 6) is 0.411. The molecule has 1 heterocycles. The van der Waals surface area contributed by atoms with Gasteiger partial charge in [0.1, 0.15) is 0 Å². The van der Waals surface area contributed by atoms with Crippen molar-refractivity contribution in [3.8, 4) is 0 Å². The van der Waals surface area contributed by atoms with Crippen molar-refractivity contribution in [1.29, 1.82) is 0 Å². The number of amides is 1. The molecule has 1 amide bonds. The second-order valence-electron chi connectivity index (χ2n) is 3.11. The van der Waals surface area contributed by atoms with Crippen LogP contribution in [-0.4, -0.2) is 22.9 Å². The van der Waals surface area contributed by atoms with Crippen LogP contribution in [0.4, 0.5) is 5.13 Å². The SMILES string of the molecule is CSCC(=O)Nc1nc2ccc(Cl)cc2s1. The highest BCUT2D eigenvalue weighted by molar-refractivity contribution is 7.99. The van der Waals surface area contributed by atoms with Crippen LogP contribution in [0.25, 0.3) is 10.2 Å². The first kappa shape index (κ1) is 11.7. The number of benzene rings is 1. The van der Waals surface area contributed by atoms with E-state index < -0.39 is 0 Å². The molecule has 0 saturated heterocycles. The number of carbonyl (C=O) groups is 1. The first-order valence-electron chi connectivity index (χ1n) is 4.54. The number of thiazole rings is 1. The fourth-order valence-electron chi connectivity index (χ4n) is 1.24. The quantitative estimate of drug-likeness (QED) is 0.933. The zero-order chi connectivity index (χ0) is 11.5. The van der Waals surface area contributed by atoms with Crippen molar-refractivity contribution in [2.24, 2.45) is 0 Å². The lowest BCUT2D eigenvalue weighted by atomic mass is 10.3. The van der Waals surface area contributed by atoms with Crippen LogP contribution in [0.5, 0.6) is 0 Å². The van der Waals surface area contributed by atoms with Crippen molar-refractivity contribution in [3.05, 3.63) is 23.2 Å². The molecule has 1 aromatic carbocycles. The minimum Gasteiger partial charge on any atom is -0.301 e. The molecule has 84 valence electrons. The topological polar surface area (TPSA) is 42.0 Å². The number of hydrogen-bond donors (Lipinski definition) is 1. The predicted octanol–water partition coefficient (Wildman–Crippen LogP) is 3.25. The molecule has 0 atom stereocenters. The molecule has 3 nitrogen and oxygen atoms in total. The average molecular weight is 273 g/mol. The minimum atomic E-state index is -0.0300. The zero-order valence-electron chi connectivity index (χ0n) is 8.49. The van der Waals surface area contributed by atoms with Gasteiger partial charge in [0.2, 0.25) is 5.91 Å². The van der Waals surface area contributed by atoms with Crippen LogP contribution in [-0.2, 0) is 4.79 Å². The molecular formula is C10H9ClN2OS2. The normalized spacial score (nSPS) is 10.6. The van der Waals surface area contributed by atoms with Gasteiger partial charge in [-0.25, -0.2) is 4.98 Å². The molecule has 1 N–H and O–H groups in total. The highest BCUT2D eigenvalue weighted by atomic mass is 35.5. The predicted molar refractivity (Wildman–Crippen MR) is 71.6 cm³/mol. The van der Waals surface area contributed by atoms with E-state index in [0.717, 1.165) is 10.2 Å². The van der Waals surface area contributed by atoms with Crippen LogP contribution in [0.3, 0.4) is 0 Å². The zero-order valence-corrected chi connectivity index (χ0v) is 10.9. The Kier molecular flexibility index (Phi) is 3.68. The maximum Gasteiger partial charge on any atom is 0.236 e. The molecule has 0 unspecified atom stereocenters. The summed E-state index contributed by atoms with van der Waals surface area (Å²) in [6.07, 6.45) is 1.89. The Morgan fingerprint density at radius 3 is 3.19 bits per heavy atom. The molecule has 0 aliphatic carbocycles. The highest BCUT2D eigenvalue weighted by Crippen LogP contribution is 2.28. The molecule has 0 spiro atoms. The summed E-state index contributed by atoms with van der Waals surface area (Å²) in [5.41, 5.74) is 0.855. The Labute approximate surface area is 106 Å². The Hall–Kier alpha value is -0.780. The third-order valence-electron chi connectivity index (χ3n) is 1.87. The fraction of sp³-hybridized carbons (Fsp3) is 0.200. The first-order valence-corrected chi connectivity index (χ1v) is 7.13. The van der Waals surface area contributed by atoms with Crippen molar-refractivity contribution in [3.63, 3.8) is 0 Å². The van der Waals surface area contributed by atoms with E-state index in [9.17, 15) is 4.79 Å². The van der Waals surface area contributed by atoms with Gasteiger partial charge in [-0.2, -0.15) is 11.8 Å². The number of thioether (sulfide) groups is 1. The summed E-state index contributed by atoms with van der Waals surface area (Å²) in [6.45, 7) is 0. The Bertz CT molecular complexity index is 527. The van der Waals surface area contributed by atoms with Crippen LogP contribution in [0.2, 0.25) is 5.02 Å². The molecule has 16 heavy (non-hydrogen) atoms. The molecule has 2 aromatic rings. The fourth-order valence-corrected chi connectivity index (χ4v) is 2.73. The molecule has 2 rings (SSSR count). The maximum absolute atomic E-state index is 11.4. The highest BCUT2D eigenvalue weighted by Gasteiger charge is 2.07. The lowest BCUT2D eigenvalue weighted by Gasteiger charge is -1.97. The second-order valence-corrected chi connectivity index (χ2v) is 5.45. The van der Waals surface area contributed by atoms with Crippen LogP contribution < -0.4 is 5.32 Å².